The van der Waals surface area contributed by atoms with E-state index in [0.717, 1.165) is 13.1 Å². The number of nitro groups is 2. The zero-order valence-electron chi connectivity index (χ0n) is 21.3. The van der Waals surface area contributed by atoms with Crippen molar-refractivity contribution >= 4 is 22.7 Å². The van der Waals surface area contributed by atoms with E-state index in [1.807, 2.05) is 10.0 Å². The van der Waals surface area contributed by atoms with E-state index in [-0.39, 0.29) is 22.5 Å². The summed E-state index contributed by atoms with van der Waals surface area (Å²) in [5, 5.41) is 42.9. The molecule has 2 aliphatic rings. The van der Waals surface area contributed by atoms with Gasteiger partial charge in [-0.2, -0.15) is 0 Å². The van der Waals surface area contributed by atoms with Crippen LogP contribution >= 0.6 is 0 Å². The summed E-state index contributed by atoms with van der Waals surface area (Å²) in [5.74, 6) is 0. The summed E-state index contributed by atoms with van der Waals surface area (Å²) in [7, 11) is 0. The summed E-state index contributed by atoms with van der Waals surface area (Å²) < 4.78 is 0. The van der Waals surface area contributed by atoms with Crippen LogP contribution in [0.1, 0.15) is 27.7 Å². The van der Waals surface area contributed by atoms with Gasteiger partial charge in [0.1, 0.15) is 0 Å². The molecule has 2 aromatic carbocycles. The normalized spacial score (nSPS) is 19.9. The molecule has 0 amide bonds. The first-order chi connectivity index (χ1) is 17.4. The van der Waals surface area contributed by atoms with Gasteiger partial charge in [0.2, 0.25) is 0 Å². The summed E-state index contributed by atoms with van der Waals surface area (Å²) in [4.78, 5) is 25.3. The van der Waals surface area contributed by atoms with Gasteiger partial charge in [-0.3, -0.25) is 40.0 Å². The molecule has 0 N–H and O–H groups in total. The minimum Gasteiger partial charge on any atom is -0.269 e. The van der Waals surface area contributed by atoms with Crippen molar-refractivity contribution in [3.8, 4) is 0 Å². The van der Waals surface area contributed by atoms with E-state index in [1.54, 1.807) is 24.3 Å². The molecule has 2 aromatic rings. The molecule has 0 saturated carbocycles. The average Bonchev–Trinajstić information content (AvgIpc) is 3.29. The maximum absolute atomic E-state index is 10.8. The Balaban J connectivity index is 1.35. The molecule has 37 heavy (non-hydrogen) atoms. The lowest BCUT2D eigenvalue weighted by Crippen LogP contribution is -2.38. The molecule has 4 rings (SSSR count). The van der Waals surface area contributed by atoms with E-state index in [0.29, 0.717) is 31.4 Å². The molecule has 0 aliphatic carbocycles. The zero-order chi connectivity index (χ0) is 26.8. The van der Waals surface area contributed by atoms with Crippen molar-refractivity contribution < 1.29 is 9.85 Å². The lowest BCUT2D eigenvalue weighted by molar-refractivity contribution is -0.385. The molecular weight excluding hydrogens is 480 g/mol. The Kier molecular flexibility index (Phi) is 7.14. The molecule has 0 aromatic heterocycles. The third-order valence-electron chi connectivity index (χ3n) is 6.34. The van der Waals surface area contributed by atoms with Gasteiger partial charge in [-0.05, 0) is 52.0 Å². The molecule has 0 radical (unpaired) electrons. The molecule has 2 fully saturated rings. The second-order valence-electron chi connectivity index (χ2n) is 10.4. The Morgan fingerprint density at radius 2 is 1.05 bits per heavy atom. The SMILES string of the molecule is CC1(C)CN(CN2CN(N=Nc3ccc([N+](=O)[O-])cc3)C(C)(C)C2)CN1N=Nc1ccc([N+](=O)[O-])cc1. The maximum Gasteiger partial charge on any atom is 0.269 e. The molecule has 0 unspecified atom stereocenters. The van der Waals surface area contributed by atoms with Gasteiger partial charge in [-0.1, -0.05) is 10.4 Å². The summed E-state index contributed by atoms with van der Waals surface area (Å²) in [5.41, 5.74) is 0.650. The van der Waals surface area contributed by atoms with Crippen LogP contribution in [0, 0.1) is 20.2 Å². The van der Waals surface area contributed by atoms with Gasteiger partial charge in [0.25, 0.3) is 11.4 Å². The average molecular weight is 511 g/mol. The molecule has 2 heterocycles. The first-order valence-corrected chi connectivity index (χ1v) is 11.8. The first-order valence-electron chi connectivity index (χ1n) is 11.8. The summed E-state index contributed by atoms with van der Waals surface area (Å²) in [6, 6.07) is 12.0. The highest BCUT2D eigenvalue weighted by Crippen LogP contribution is 2.30. The molecule has 14 nitrogen and oxygen atoms in total. The topological polar surface area (TPSA) is 149 Å². The van der Waals surface area contributed by atoms with Crippen molar-refractivity contribution in [3.05, 3.63) is 68.8 Å². The first kappa shape index (κ1) is 26.0. The van der Waals surface area contributed by atoms with Crippen molar-refractivity contribution in [2.75, 3.05) is 33.1 Å². The number of nitro benzene ring substituents is 2. The molecule has 0 atom stereocenters. The highest BCUT2D eigenvalue weighted by atomic mass is 16.6. The van der Waals surface area contributed by atoms with Crippen LogP contribution in [-0.4, -0.2) is 73.8 Å². The third kappa shape index (κ3) is 6.21. The molecule has 0 bridgehead atoms. The zero-order valence-corrected chi connectivity index (χ0v) is 21.3. The summed E-state index contributed by atoms with van der Waals surface area (Å²) in [6.07, 6.45) is 0. The molecule has 0 spiro atoms. The minimum absolute atomic E-state index is 0.0153. The van der Waals surface area contributed by atoms with E-state index in [1.165, 1.54) is 24.3 Å². The summed E-state index contributed by atoms with van der Waals surface area (Å²) >= 11 is 0. The predicted octanol–water partition coefficient (Wildman–Crippen LogP) is 4.87. The van der Waals surface area contributed by atoms with E-state index < -0.39 is 9.85 Å². The number of nitrogens with zero attached hydrogens (tertiary/aromatic N) is 10. The van der Waals surface area contributed by atoms with Crippen molar-refractivity contribution in [2.45, 2.75) is 38.8 Å². The van der Waals surface area contributed by atoms with Crippen LogP contribution in [0.2, 0.25) is 0 Å². The van der Waals surface area contributed by atoms with Crippen molar-refractivity contribution in [3.63, 3.8) is 0 Å². The van der Waals surface area contributed by atoms with Gasteiger partial charge in [0, 0.05) is 37.4 Å². The van der Waals surface area contributed by atoms with Crippen LogP contribution < -0.4 is 0 Å². The van der Waals surface area contributed by atoms with Crippen molar-refractivity contribution in [1.82, 2.24) is 19.8 Å². The van der Waals surface area contributed by atoms with E-state index in [2.05, 4.69) is 58.2 Å². The number of hydrogen-bond donors (Lipinski definition) is 0. The van der Waals surface area contributed by atoms with Gasteiger partial charge in [0.15, 0.2) is 0 Å². The second kappa shape index (κ2) is 10.1. The van der Waals surface area contributed by atoms with Crippen molar-refractivity contribution in [1.29, 1.82) is 0 Å². The number of non-ortho nitro benzene ring substituents is 2. The van der Waals surface area contributed by atoms with Crippen LogP contribution in [-0.2, 0) is 0 Å². The van der Waals surface area contributed by atoms with Crippen LogP contribution in [0.3, 0.4) is 0 Å². The fourth-order valence-electron chi connectivity index (χ4n) is 4.38. The Hall–Kier alpha value is -4.04. The standard InChI is InChI=1S/C23H30N10O4/c1-22(2)13-28(16-30(22)26-24-18-5-9-20(10-6-18)32(34)35)15-29-14-23(3,4)31(17-29)27-25-19-7-11-21(12-8-19)33(36)37/h5-12H,13-17H2,1-4H3. The van der Waals surface area contributed by atoms with Gasteiger partial charge in [-0.15, -0.1) is 10.2 Å². The lowest BCUT2D eigenvalue weighted by Gasteiger charge is -2.25. The third-order valence-corrected chi connectivity index (χ3v) is 6.34. The lowest BCUT2D eigenvalue weighted by atomic mass is 10.1. The minimum atomic E-state index is -0.444. The van der Waals surface area contributed by atoms with Gasteiger partial charge in [-0.25, -0.2) is 0 Å². The van der Waals surface area contributed by atoms with Crippen LogP contribution in [0.5, 0.6) is 0 Å². The van der Waals surface area contributed by atoms with E-state index in [4.69, 9.17) is 0 Å². The van der Waals surface area contributed by atoms with Crippen LogP contribution in [0.15, 0.2) is 69.2 Å². The number of hydrogen-bond acceptors (Lipinski definition) is 10. The Labute approximate surface area is 214 Å². The maximum atomic E-state index is 10.8. The molecule has 2 aliphatic heterocycles. The van der Waals surface area contributed by atoms with Gasteiger partial charge >= 0.3 is 0 Å². The Morgan fingerprint density at radius 3 is 1.38 bits per heavy atom. The van der Waals surface area contributed by atoms with E-state index in [9.17, 15) is 20.2 Å². The monoisotopic (exact) mass is 510 g/mol. The highest BCUT2D eigenvalue weighted by molar-refractivity contribution is 5.44. The summed E-state index contributed by atoms with van der Waals surface area (Å²) in [6.45, 7) is 11.8. The number of rotatable bonds is 8. The quantitative estimate of drug-likeness (QED) is 0.277. The van der Waals surface area contributed by atoms with Gasteiger partial charge in [0.05, 0.1) is 52.3 Å². The largest absolute Gasteiger partial charge is 0.269 e. The molecular formula is C23H30N10O4. The second-order valence-corrected chi connectivity index (χ2v) is 10.4. The fraction of sp³-hybridized carbons (Fsp3) is 0.478. The van der Waals surface area contributed by atoms with Gasteiger partial charge < -0.3 is 0 Å². The van der Waals surface area contributed by atoms with Crippen LogP contribution in [0.4, 0.5) is 22.7 Å². The molecule has 14 heteroatoms. The Morgan fingerprint density at radius 1 is 0.703 bits per heavy atom. The molecule has 196 valence electrons. The number of benzene rings is 2. The van der Waals surface area contributed by atoms with E-state index >= 15 is 0 Å². The van der Waals surface area contributed by atoms with Crippen molar-refractivity contribution in [2.24, 2.45) is 20.7 Å². The Bertz CT molecular complexity index is 1100. The molecule has 2 saturated heterocycles. The highest BCUT2D eigenvalue weighted by Gasteiger charge is 2.41. The predicted molar refractivity (Wildman–Crippen MR) is 135 cm³/mol. The fourth-order valence-corrected chi connectivity index (χ4v) is 4.38. The van der Waals surface area contributed by atoms with Crippen LogP contribution in [0.25, 0.3) is 0 Å². The smallest absolute Gasteiger partial charge is 0.269 e.